The SMILES string of the molecule is CCOC(CCNCCCS(C)(=O)=O)OCC. The van der Waals surface area contributed by atoms with E-state index < -0.39 is 9.84 Å². The summed E-state index contributed by atoms with van der Waals surface area (Å²) < 4.78 is 32.5. The first-order valence-electron chi connectivity index (χ1n) is 6.11. The van der Waals surface area contributed by atoms with E-state index in [9.17, 15) is 8.42 Å². The van der Waals surface area contributed by atoms with E-state index >= 15 is 0 Å². The number of ether oxygens (including phenoxy) is 2. The number of sulfone groups is 1. The fraction of sp³-hybridized carbons (Fsp3) is 1.00. The Labute approximate surface area is 105 Å². The van der Waals surface area contributed by atoms with Crippen LogP contribution >= 0.6 is 0 Å². The summed E-state index contributed by atoms with van der Waals surface area (Å²) in [5, 5.41) is 3.18. The molecule has 0 aliphatic carbocycles. The van der Waals surface area contributed by atoms with Crippen molar-refractivity contribution in [3.8, 4) is 0 Å². The van der Waals surface area contributed by atoms with Crippen molar-refractivity contribution in [3.63, 3.8) is 0 Å². The average molecular weight is 267 g/mol. The highest BCUT2D eigenvalue weighted by atomic mass is 32.2. The zero-order chi connectivity index (χ0) is 13.1. The molecule has 0 rings (SSSR count). The number of hydrogen-bond donors (Lipinski definition) is 1. The van der Waals surface area contributed by atoms with E-state index in [0.717, 1.165) is 13.0 Å². The van der Waals surface area contributed by atoms with Crippen molar-refractivity contribution in [3.05, 3.63) is 0 Å². The van der Waals surface area contributed by atoms with Crippen LogP contribution in [0.15, 0.2) is 0 Å². The molecule has 0 aromatic heterocycles. The van der Waals surface area contributed by atoms with Crippen LogP contribution in [0, 0.1) is 0 Å². The van der Waals surface area contributed by atoms with Crippen LogP contribution in [0.5, 0.6) is 0 Å². The maximum absolute atomic E-state index is 10.9. The highest BCUT2D eigenvalue weighted by Crippen LogP contribution is 1.99. The van der Waals surface area contributed by atoms with E-state index in [1.807, 2.05) is 13.8 Å². The predicted octanol–water partition coefficient (Wildman–Crippen LogP) is 0.800. The zero-order valence-corrected chi connectivity index (χ0v) is 11.9. The molecule has 0 aromatic carbocycles. The van der Waals surface area contributed by atoms with E-state index in [-0.39, 0.29) is 12.0 Å². The van der Waals surface area contributed by atoms with Gasteiger partial charge in [0.1, 0.15) is 9.84 Å². The van der Waals surface area contributed by atoms with Gasteiger partial charge < -0.3 is 14.8 Å². The van der Waals surface area contributed by atoms with Crippen molar-refractivity contribution in [2.24, 2.45) is 0 Å². The van der Waals surface area contributed by atoms with E-state index in [1.165, 1.54) is 6.26 Å². The van der Waals surface area contributed by atoms with Gasteiger partial charge in [-0.2, -0.15) is 0 Å². The van der Waals surface area contributed by atoms with Gasteiger partial charge in [0.05, 0.1) is 5.75 Å². The van der Waals surface area contributed by atoms with Crippen molar-refractivity contribution in [1.29, 1.82) is 0 Å². The average Bonchev–Trinajstić information content (AvgIpc) is 2.22. The van der Waals surface area contributed by atoms with Crippen molar-refractivity contribution in [2.75, 3.05) is 38.3 Å². The molecule has 104 valence electrons. The van der Waals surface area contributed by atoms with Crippen LogP contribution in [0.25, 0.3) is 0 Å². The minimum atomic E-state index is -2.83. The molecule has 0 spiro atoms. The second-order valence-corrected chi connectivity index (χ2v) is 6.12. The van der Waals surface area contributed by atoms with E-state index in [4.69, 9.17) is 9.47 Å². The molecule has 0 fully saturated rings. The third kappa shape index (κ3) is 12.1. The Morgan fingerprint density at radius 3 is 2.18 bits per heavy atom. The maximum atomic E-state index is 10.9. The van der Waals surface area contributed by atoms with E-state index in [1.54, 1.807) is 0 Å². The molecular weight excluding hydrogens is 242 g/mol. The molecule has 17 heavy (non-hydrogen) atoms. The van der Waals surface area contributed by atoms with Crippen LogP contribution in [0.1, 0.15) is 26.7 Å². The van der Waals surface area contributed by atoms with Gasteiger partial charge in [0.15, 0.2) is 6.29 Å². The monoisotopic (exact) mass is 267 g/mol. The van der Waals surface area contributed by atoms with Crippen LogP contribution in [0.2, 0.25) is 0 Å². The van der Waals surface area contributed by atoms with Gasteiger partial charge in [0, 0.05) is 25.9 Å². The molecule has 0 radical (unpaired) electrons. The predicted molar refractivity (Wildman–Crippen MR) is 68.9 cm³/mol. The van der Waals surface area contributed by atoms with Crippen LogP contribution in [0.3, 0.4) is 0 Å². The molecule has 0 atom stereocenters. The number of rotatable bonds is 11. The van der Waals surface area contributed by atoms with Gasteiger partial charge in [-0.3, -0.25) is 0 Å². The van der Waals surface area contributed by atoms with Crippen LogP contribution in [-0.4, -0.2) is 53.0 Å². The Morgan fingerprint density at radius 1 is 1.12 bits per heavy atom. The lowest BCUT2D eigenvalue weighted by Crippen LogP contribution is -2.26. The minimum Gasteiger partial charge on any atom is -0.353 e. The summed E-state index contributed by atoms with van der Waals surface area (Å²) in [5.41, 5.74) is 0. The first-order valence-corrected chi connectivity index (χ1v) is 8.17. The summed E-state index contributed by atoms with van der Waals surface area (Å²) >= 11 is 0. The molecule has 0 aliphatic heterocycles. The molecular formula is C11H25NO4S. The molecule has 6 heteroatoms. The molecule has 0 bridgehead atoms. The van der Waals surface area contributed by atoms with Crippen molar-refractivity contribution in [2.45, 2.75) is 33.0 Å². The lowest BCUT2D eigenvalue weighted by Gasteiger charge is -2.16. The smallest absolute Gasteiger partial charge is 0.158 e. The Bertz CT molecular complexity index is 261. The summed E-state index contributed by atoms with van der Waals surface area (Å²) in [6, 6.07) is 0. The van der Waals surface area contributed by atoms with Gasteiger partial charge in [0.2, 0.25) is 0 Å². The summed E-state index contributed by atoms with van der Waals surface area (Å²) in [6.45, 7) is 6.63. The van der Waals surface area contributed by atoms with E-state index in [0.29, 0.717) is 26.2 Å². The van der Waals surface area contributed by atoms with Crippen molar-refractivity contribution < 1.29 is 17.9 Å². The fourth-order valence-electron chi connectivity index (χ4n) is 1.39. The molecule has 0 amide bonds. The standard InChI is InChI=1S/C11H25NO4S/c1-4-15-11(16-5-2)7-9-12-8-6-10-17(3,13)14/h11-12H,4-10H2,1-3H3. The largest absolute Gasteiger partial charge is 0.353 e. The van der Waals surface area contributed by atoms with Crippen LogP contribution < -0.4 is 5.32 Å². The summed E-state index contributed by atoms with van der Waals surface area (Å²) in [7, 11) is -2.83. The Balaban J connectivity index is 3.48. The molecule has 0 saturated carbocycles. The lowest BCUT2D eigenvalue weighted by molar-refractivity contribution is -0.138. The molecule has 0 aliphatic rings. The molecule has 0 unspecified atom stereocenters. The highest BCUT2D eigenvalue weighted by Gasteiger charge is 2.07. The van der Waals surface area contributed by atoms with Gasteiger partial charge in [-0.25, -0.2) is 8.42 Å². The lowest BCUT2D eigenvalue weighted by atomic mass is 10.4. The molecule has 5 nitrogen and oxygen atoms in total. The Hall–Kier alpha value is -0.170. The molecule has 0 heterocycles. The molecule has 0 saturated heterocycles. The quantitative estimate of drug-likeness (QED) is 0.443. The molecule has 1 N–H and O–H groups in total. The van der Waals surface area contributed by atoms with Gasteiger partial charge in [0.25, 0.3) is 0 Å². The number of hydrogen-bond acceptors (Lipinski definition) is 5. The second kappa shape index (κ2) is 9.82. The van der Waals surface area contributed by atoms with E-state index in [2.05, 4.69) is 5.32 Å². The normalized spacial score (nSPS) is 12.2. The summed E-state index contributed by atoms with van der Waals surface area (Å²) in [6.07, 6.45) is 2.52. The zero-order valence-electron chi connectivity index (χ0n) is 11.1. The first-order chi connectivity index (χ1) is 7.99. The van der Waals surface area contributed by atoms with Gasteiger partial charge in [-0.15, -0.1) is 0 Å². The molecule has 0 aromatic rings. The third-order valence-electron chi connectivity index (χ3n) is 2.13. The Kier molecular flexibility index (Phi) is 9.72. The van der Waals surface area contributed by atoms with Crippen LogP contribution in [0.4, 0.5) is 0 Å². The fourth-order valence-corrected chi connectivity index (χ4v) is 2.06. The number of nitrogens with one attached hydrogen (secondary N) is 1. The highest BCUT2D eigenvalue weighted by molar-refractivity contribution is 7.90. The van der Waals surface area contributed by atoms with Gasteiger partial charge >= 0.3 is 0 Å². The van der Waals surface area contributed by atoms with Crippen molar-refractivity contribution in [1.82, 2.24) is 5.32 Å². The van der Waals surface area contributed by atoms with Gasteiger partial charge in [-0.05, 0) is 33.4 Å². The second-order valence-electron chi connectivity index (χ2n) is 3.86. The van der Waals surface area contributed by atoms with Crippen LogP contribution in [-0.2, 0) is 19.3 Å². The third-order valence-corrected chi connectivity index (χ3v) is 3.16. The maximum Gasteiger partial charge on any atom is 0.158 e. The topological polar surface area (TPSA) is 64.6 Å². The van der Waals surface area contributed by atoms with Crippen molar-refractivity contribution >= 4 is 9.84 Å². The van der Waals surface area contributed by atoms with Gasteiger partial charge in [-0.1, -0.05) is 0 Å². The summed E-state index contributed by atoms with van der Waals surface area (Å²) in [4.78, 5) is 0. The minimum absolute atomic E-state index is 0.160. The first kappa shape index (κ1) is 16.8. The Morgan fingerprint density at radius 2 is 1.71 bits per heavy atom. The summed E-state index contributed by atoms with van der Waals surface area (Å²) in [5.74, 6) is 0.236.